The Morgan fingerprint density at radius 2 is 2.05 bits per heavy atom. The molecule has 0 saturated heterocycles. The maximum Gasteiger partial charge on any atom is 0.138 e. The van der Waals surface area contributed by atoms with E-state index in [0.29, 0.717) is 17.3 Å². The van der Waals surface area contributed by atoms with Crippen molar-refractivity contribution in [3.8, 4) is 5.75 Å². The van der Waals surface area contributed by atoms with Crippen LogP contribution >= 0.6 is 11.6 Å². The Hall–Kier alpha value is -1.52. The first-order valence-corrected chi connectivity index (χ1v) is 6.49. The van der Waals surface area contributed by atoms with Gasteiger partial charge < -0.3 is 15.4 Å². The van der Waals surface area contributed by atoms with Gasteiger partial charge in [0.15, 0.2) is 0 Å². The molecule has 0 aliphatic heterocycles. The van der Waals surface area contributed by atoms with E-state index in [2.05, 4.69) is 11.1 Å². The molecule has 0 amide bonds. The van der Waals surface area contributed by atoms with Crippen molar-refractivity contribution in [3.05, 3.63) is 28.8 Å². The first-order valence-electron chi connectivity index (χ1n) is 6.11. The summed E-state index contributed by atoms with van der Waals surface area (Å²) in [5.41, 5.74) is 7.65. The van der Waals surface area contributed by atoms with Gasteiger partial charge in [0, 0.05) is 19.5 Å². The van der Waals surface area contributed by atoms with Crippen LogP contribution in [0.15, 0.2) is 18.2 Å². The topological polar surface area (TPSA) is 51.4 Å². The molecule has 0 aliphatic rings. The Labute approximate surface area is 118 Å². The molecular weight excluding hydrogens is 262 g/mol. The van der Waals surface area contributed by atoms with Crippen LogP contribution in [0.5, 0.6) is 5.75 Å². The molecule has 0 fully saturated rings. The number of pyridine rings is 1. The Morgan fingerprint density at radius 1 is 1.32 bits per heavy atom. The summed E-state index contributed by atoms with van der Waals surface area (Å²) in [6.07, 6.45) is 0.793. The van der Waals surface area contributed by atoms with Crippen LogP contribution in [0.4, 0.5) is 5.82 Å². The summed E-state index contributed by atoms with van der Waals surface area (Å²) >= 11 is 6.14. The number of nitrogens with two attached hydrogens (primary N) is 1. The fraction of sp³-hybridized carbons (Fsp3) is 0.357. The van der Waals surface area contributed by atoms with Crippen LogP contribution in [0.2, 0.25) is 5.02 Å². The number of ether oxygens (including phenoxy) is 1. The second kappa shape index (κ2) is 5.63. The first-order chi connectivity index (χ1) is 9.06. The van der Waals surface area contributed by atoms with E-state index in [9.17, 15) is 0 Å². The third kappa shape index (κ3) is 2.74. The Morgan fingerprint density at radius 3 is 2.63 bits per heavy atom. The molecule has 0 saturated carbocycles. The molecule has 0 bridgehead atoms. The van der Waals surface area contributed by atoms with Gasteiger partial charge in [0.25, 0.3) is 0 Å². The summed E-state index contributed by atoms with van der Waals surface area (Å²) in [6.45, 7) is 0.596. The Bertz CT molecular complexity index is 599. The lowest BCUT2D eigenvalue weighted by Crippen LogP contribution is -2.15. The quantitative estimate of drug-likeness (QED) is 0.934. The Kier molecular flexibility index (Phi) is 4.12. The highest BCUT2D eigenvalue weighted by molar-refractivity contribution is 6.32. The van der Waals surface area contributed by atoms with Crippen LogP contribution in [0.25, 0.3) is 10.9 Å². The van der Waals surface area contributed by atoms with Crippen LogP contribution in [0, 0.1) is 0 Å². The van der Waals surface area contributed by atoms with Gasteiger partial charge >= 0.3 is 0 Å². The van der Waals surface area contributed by atoms with E-state index in [1.807, 2.05) is 31.1 Å². The van der Waals surface area contributed by atoms with Crippen molar-refractivity contribution in [3.63, 3.8) is 0 Å². The minimum absolute atomic E-state index is 0.568. The van der Waals surface area contributed by atoms with E-state index in [1.165, 1.54) is 0 Å². The van der Waals surface area contributed by atoms with Crippen LogP contribution in [-0.2, 0) is 6.42 Å². The van der Waals surface area contributed by atoms with Crippen molar-refractivity contribution < 1.29 is 4.74 Å². The van der Waals surface area contributed by atoms with E-state index in [0.717, 1.165) is 28.7 Å². The maximum atomic E-state index is 6.14. The third-order valence-electron chi connectivity index (χ3n) is 2.98. The van der Waals surface area contributed by atoms with E-state index >= 15 is 0 Å². The maximum absolute atomic E-state index is 6.14. The van der Waals surface area contributed by atoms with Crippen LogP contribution in [-0.4, -0.2) is 32.7 Å². The minimum Gasteiger partial charge on any atom is -0.495 e. The summed E-state index contributed by atoms with van der Waals surface area (Å²) in [4.78, 5) is 6.65. The van der Waals surface area contributed by atoms with Gasteiger partial charge in [-0.1, -0.05) is 11.6 Å². The number of halogens is 1. The normalized spacial score (nSPS) is 10.8. The number of fused-ring (bicyclic) bond motifs is 1. The number of hydrogen-bond acceptors (Lipinski definition) is 4. The fourth-order valence-corrected chi connectivity index (χ4v) is 2.33. The van der Waals surface area contributed by atoms with Gasteiger partial charge in [0.2, 0.25) is 0 Å². The molecule has 2 rings (SSSR count). The van der Waals surface area contributed by atoms with Crippen molar-refractivity contribution in [2.75, 3.05) is 32.6 Å². The summed E-state index contributed by atoms with van der Waals surface area (Å²) in [6, 6.07) is 5.84. The summed E-state index contributed by atoms with van der Waals surface area (Å²) in [5.74, 6) is 1.59. The van der Waals surface area contributed by atoms with Crippen LogP contribution < -0.4 is 15.4 Å². The number of nitrogens with zero attached hydrogens (tertiary/aromatic N) is 2. The molecule has 2 N–H and O–H groups in total. The van der Waals surface area contributed by atoms with Gasteiger partial charge in [-0.25, -0.2) is 4.98 Å². The predicted molar refractivity (Wildman–Crippen MR) is 80.4 cm³/mol. The molecule has 2 aromatic rings. The standard InChI is InChI=1S/C14H18ClN3O/c1-18(2)14-9(4-5-16)6-10-7-13(19-3)11(15)8-12(10)17-14/h6-8H,4-5,16H2,1-3H3. The number of rotatable bonds is 4. The molecule has 0 atom stereocenters. The van der Waals surface area contributed by atoms with Crippen molar-refractivity contribution in [2.45, 2.75) is 6.42 Å². The van der Waals surface area contributed by atoms with Crippen molar-refractivity contribution in [2.24, 2.45) is 5.73 Å². The van der Waals surface area contributed by atoms with Gasteiger partial charge in [-0.15, -0.1) is 0 Å². The van der Waals surface area contributed by atoms with Gasteiger partial charge in [-0.2, -0.15) is 0 Å². The van der Waals surface area contributed by atoms with E-state index in [4.69, 9.17) is 22.1 Å². The number of methoxy groups -OCH3 is 1. The van der Waals surface area contributed by atoms with Crippen molar-refractivity contribution in [1.29, 1.82) is 0 Å². The number of benzene rings is 1. The molecule has 102 valence electrons. The van der Waals surface area contributed by atoms with Crippen LogP contribution in [0.1, 0.15) is 5.56 Å². The number of anilines is 1. The highest BCUT2D eigenvalue weighted by Gasteiger charge is 2.11. The zero-order valence-corrected chi connectivity index (χ0v) is 12.2. The average molecular weight is 280 g/mol. The SMILES string of the molecule is COc1cc2cc(CCN)c(N(C)C)nc2cc1Cl. The molecule has 1 aromatic heterocycles. The molecule has 4 nitrogen and oxygen atoms in total. The smallest absolute Gasteiger partial charge is 0.138 e. The van der Waals surface area contributed by atoms with E-state index in [-0.39, 0.29) is 0 Å². The molecule has 0 radical (unpaired) electrons. The first kappa shape index (κ1) is 13.9. The van der Waals surface area contributed by atoms with Crippen LogP contribution in [0.3, 0.4) is 0 Å². The summed E-state index contributed by atoms with van der Waals surface area (Å²) < 4.78 is 5.24. The molecule has 1 heterocycles. The zero-order chi connectivity index (χ0) is 14.0. The molecule has 19 heavy (non-hydrogen) atoms. The molecule has 1 aromatic carbocycles. The van der Waals surface area contributed by atoms with Gasteiger partial charge in [-0.3, -0.25) is 0 Å². The second-order valence-electron chi connectivity index (χ2n) is 4.58. The zero-order valence-electron chi connectivity index (χ0n) is 11.4. The largest absolute Gasteiger partial charge is 0.495 e. The lowest BCUT2D eigenvalue weighted by Gasteiger charge is -2.17. The van der Waals surface area contributed by atoms with E-state index < -0.39 is 0 Å². The second-order valence-corrected chi connectivity index (χ2v) is 4.99. The lowest BCUT2D eigenvalue weighted by molar-refractivity contribution is 0.415. The number of aromatic nitrogens is 1. The summed E-state index contributed by atoms with van der Waals surface area (Å²) in [7, 11) is 5.55. The third-order valence-corrected chi connectivity index (χ3v) is 3.28. The minimum atomic E-state index is 0.568. The molecule has 0 spiro atoms. The van der Waals surface area contributed by atoms with Gasteiger partial charge in [-0.05, 0) is 36.7 Å². The molecule has 0 aliphatic carbocycles. The lowest BCUT2D eigenvalue weighted by atomic mass is 10.1. The Balaban J connectivity index is 2.66. The molecular formula is C14H18ClN3O. The predicted octanol–water partition coefficient (Wildman–Crippen LogP) is 2.46. The highest BCUT2D eigenvalue weighted by atomic mass is 35.5. The van der Waals surface area contributed by atoms with Gasteiger partial charge in [0.05, 0.1) is 17.6 Å². The van der Waals surface area contributed by atoms with Crippen molar-refractivity contribution in [1.82, 2.24) is 4.98 Å². The van der Waals surface area contributed by atoms with E-state index in [1.54, 1.807) is 7.11 Å². The highest BCUT2D eigenvalue weighted by Crippen LogP contribution is 2.31. The monoisotopic (exact) mass is 279 g/mol. The van der Waals surface area contributed by atoms with Gasteiger partial charge in [0.1, 0.15) is 11.6 Å². The average Bonchev–Trinajstić information content (AvgIpc) is 2.37. The number of hydrogen-bond donors (Lipinski definition) is 1. The van der Waals surface area contributed by atoms with Crippen molar-refractivity contribution >= 4 is 28.3 Å². The molecule has 5 heteroatoms. The fourth-order valence-electron chi connectivity index (χ4n) is 2.09. The molecule has 0 unspecified atom stereocenters. The summed E-state index contributed by atoms with van der Waals surface area (Å²) in [5, 5.41) is 1.58.